The predicted molar refractivity (Wildman–Crippen MR) is 119 cm³/mol. The molecule has 0 bridgehead atoms. The molecule has 4 rings (SSSR count). The van der Waals surface area contributed by atoms with Crippen molar-refractivity contribution in [2.45, 2.75) is 19.9 Å². The van der Waals surface area contributed by atoms with Crippen LogP contribution in [0.2, 0.25) is 10.0 Å². The number of ether oxygens (including phenoxy) is 1. The van der Waals surface area contributed by atoms with Gasteiger partial charge in [0.25, 0.3) is 0 Å². The number of benzene rings is 3. The highest BCUT2D eigenvalue weighted by molar-refractivity contribution is 6.33. The van der Waals surface area contributed by atoms with Crippen LogP contribution in [0.4, 0.5) is 5.69 Å². The van der Waals surface area contributed by atoms with Crippen molar-refractivity contribution < 1.29 is 9.53 Å². The molecule has 0 aromatic heterocycles. The van der Waals surface area contributed by atoms with E-state index < -0.39 is 0 Å². The molecule has 0 amide bonds. The molecule has 1 aliphatic rings. The van der Waals surface area contributed by atoms with Crippen LogP contribution in [0.15, 0.2) is 60.7 Å². The van der Waals surface area contributed by atoms with E-state index in [1.807, 2.05) is 37.3 Å². The van der Waals surface area contributed by atoms with Crippen LogP contribution in [-0.2, 0) is 17.7 Å². The second-order valence-corrected chi connectivity index (χ2v) is 7.90. The SMILES string of the molecule is CCOC(=O)c1cccc(-c2ccc3c(c2)N(Cc2cc(Cl)ccc2Cl)CC3)c1. The summed E-state index contributed by atoms with van der Waals surface area (Å²) in [5, 5.41) is 1.41. The van der Waals surface area contributed by atoms with Gasteiger partial charge in [-0.1, -0.05) is 47.5 Å². The largest absolute Gasteiger partial charge is 0.462 e. The van der Waals surface area contributed by atoms with Crippen molar-refractivity contribution in [3.63, 3.8) is 0 Å². The Morgan fingerprint density at radius 2 is 1.86 bits per heavy atom. The molecule has 0 N–H and O–H groups in total. The number of carbonyl (C=O) groups is 1. The van der Waals surface area contributed by atoms with Crippen LogP contribution < -0.4 is 4.90 Å². The molecule has 3 nitrogen and oxygen atoms in total. The summed E-state index contributed by atoms with van der Waals surface area (Å²) in [6, 6.07) is 19.6. The number of rotatable bonds is 5. The maximum absolute atomic E-state index is 12.1. The van der Waals surface area contributed by atoms with E-state index in [0.717, 1.165) is 34.7 Å². The Kier molecular flexibility index (Phi) is 5.79. The fourth-order valence-electron chi connectivity index (χ4n) is 3.70. The van der Waals surface area contributed by atoms with E-state index in [1.165, 1.54) is 11.3 Å². The maximum Gasteiger partial charge on any atom is 0.338 e. The third-order valence-corrected chi connectivity index (χ3v) is 5.76. The third kappa shape index (κ3) is 4.26. The van der Waals surface area contributed by atoms with E-state index >= 15 is 0 Å². The van der Waals surface area contributed by atoms with Crippen LogP contribution in [-0.4, -0.2) is 19.1 Å². The van der Waals surface area contributed by atoms with Crippen LogP contribution in [0, 0.1) is 0 Å². The minimum atomic E-state index is -0.298. The van der Waals surface area contributed by atoms with Gasteiger partial charge in [0.2, 0.25) is 0 Å². The topological polar surface area (TPSA) is 29.5 Å². The average Bonchev–Trinajstić information content (AvgIpc) is 3.13. The first-order valence-corrected chi connectivity index (χ1v) is 10.4. The summed E-state index contributed by atoms with van der Waals surface area (Å²) in [6.45, 7) is 3.81. The number of halogens is 2. The molecule has 29 heavy (non-hydrogen) atoms. The van der Waals surface area contributed by atoms with Gasteiger partial charge in [0.15, 0.2) is 0 Å². The van der Waals surface area contributed by atoms with E-state index in [2.05, 4.69) is 23.1 Å². The van der Waals surface area contributed by atoms with Crippen molar-refractivity contribution in [3.8, 4) is 11.1 Å². The molecule has 0 aliphatic carbocycles. The van der Waals surface area contributed by atoms with Crippen LogP contribution in [0.5, 0.6) is 0 Å². The summed E-state index contributed by atoms with van der Waals surface area (Å²) in [5.74, 6) is -0.298. The molecule has 0 atom stereocenters. The lowest BCUT2D eigenvalue weighted by Crippen LogP contribution is -2.19. The Morgan fingerprint density at radius 3 is 2.69 bits per heavy atom. The lowest BCUT2D eigenvalue weighted by atomic mass is 10.0. The van der Waals surface area contributed by atoms with Gasteiger partial charge in [-0.05, 0) is 72.0 Å². The fraction of sp³-hybridized carbons (Fsp3) is 0.208. The van der Waals surface area contributed by atoms with Crippen LogP contribution in [0.3, 0.4) is 0 Å². The summed E-state index contributed by atoms with van der Waals surface area (Å²) in [5.41, 5.74) is 6.15. The molecule has 5 heteroatoms. The Labute approximate surface area is 180 Å². The van der Waals surface area contributed by atoms with Gasteiger partial charge < -0.3 is 9.64 Å². The van der Waals surface area contributed by atoms with Gasteiger partial charge >= 0.3 is 5.97 Å². The highest BCUT2D eigenvalue weighted by Gasteiger charge is 2.21. The lowest BCUT2D eigenvalue weighted by molar-refractivity contribution is 0.0526. The standard InChI is InChI=1S/C24H21Cl2NO2/c1-2-29-24(28)19-5-3-4-17(12-19)18-7-6-16-10-11-27(23(16)14-18)15-20-13-21(25)8-9-22(20)26/h3-9,12-14H,2,10-11,15H2,1H3. The first-order chi connectivity index (χ1) is 14.0. The molecular formula is C24H21Cl2NO2. The number of carbonyl (C=O) groups excluding carboxylic acids is 1. The van der Waals surface area contributed by atoms with Crippen LogP contribution in [0.1, 0.15) is 28.4 Å². The summed E-state index contributed by atoms with van der Waals surface area (Å²) in [4.78, 5) is 14.4. The molecule has 148 valence electrons. The quantitative estimate of drug-likeness (QED) is 0.442. The van der Waals surface area contributed by atoms with Crippen molar-refractivity contribution in [1.29, 1.82) is 0 Å². The van der Waals surface area contributed by atoms with Crippen molar-refractivity contribution in [3.05, 3.63) is 87.4 Å². The highest BCUT2D eigenvalue weighted by atomic mass is 35.5. The van der Waals surface area contributed by atoms with Gasteiger partial charge in [-0.3, -0.25) is 0 Å². The number of hydrogen-bond acceptors (Lipinski definition) is 3. The molecule has 0 radical (unpaired) electrons. The van der Waals surface area contributed by atoms with Gasteiger partial charge in [0.1, 0.15) is 0 Å². The summed E-state index contributed by atoms with van der Waals surface area (Å²) in [7, 11) is 0. The minimum Gasteiger partial charge on any atom is -0.462 e. The van der Waals surface area contributed by atoms with E-state index in [0.29, 0.717) is 23.7 Å². The average molecular weight is 426 g/mol. The first kappa shape index (κ1) is 19.8. The second kappa shape index (κ2) is 8.48. The van der Waals surface area contributed by atoms with Crippen LogP contribution in [0.25, 0.3) is 11.1 Å². The van der Waals surface area contributed by atoms with Gasteiger partial charge in [-0.15, -0.1) is 0 Å². The Bertz CT molecular complexity index is 1060. The zero-order valence-electron chi connectivity index (χ0n) is 16.1. The number of hydrogen-bond donors (Lipinski definition) is 0. The molecule has 0 spiro atoms. The van der Waals surface area contributed by atoms with Crippen LogP contribution >= 0.6 is 23.2 Å². The van der Waals surface area contributed by atoms with Gasteiger partial charge in [0.05, 0.1) is 12.2 Å². The van der Waals surface area contributed by atoms with Gasteiger partial charge in [-0.2, -0.15) is 0 Å². The minimum absolute atomic E-state index is 0.298. The molecule has 1 aliphatic heterocycles. The predicted octanol–water partition coefficient (Wildman–Crippen LogP) is 6.40. The molecule has 0 fully saturated rings. The first-order valence-electron chi connectivity index (χ1n) is 9.64. The van der Waals surface area contributed by atoms with E-state index in [9.17, 15) is 4.79 Å². The van der Waals surface area contributed by atoms with Crippen molar-refractivity contribution in [1.82, 2.24) is 0 Å². The number of fused-ring (bicyclic) bond motifs is 1. The van der Waals surface area contributed by atoms with E-state index in [-0.39, 0.29) is 5.97 Å². The zero-order chi connectivity index (χ0) is 20.4. The number of nitrogens with zero attached hydrogens (tertiary/aromatic N) is 1. The van der Waals surface area contributed by atoms with Gasteiger partial charge in [-0.25, -0.2) is 4.79 Å². The third-order valence-electron chi connectivity index (χ3n) is 5.15. The van der Waals surface area contributed by atoms with E-state index in [4.69, 9.17) is 27.9 Å². The Hall–Kier alpha value is -2.49. The Morgan fingerprint density at radius 1 is 1.03 bits per heavy atom. The molecule has 3 aromatic carbocycles. The maximum atomic E-state index is 12.1. The lowest BCUT2D eigenvalue weighted by Gasteiger charge is -2.21. The zero-order valence-corrected chi connectivity index (χ0v) is 17.6. The molecule has 0 saturated carbocycles. The van der Waals surface area contributed by atoms with Gasteiger partial charge in [0, 0.05) is 28.8 Å². The summed E-state index contributed by atoms with van der Waals surface area (Å²) in [6.07, 6.45) is 0.997. The monoisotopic (exact) mass is 425 g/mol. The molecule has 3 aromatic rings. The summed E-state index contributed by atoms with van der Waals surface area (Å²) >= 11 is 12.5. The molecule has 0 unspecified atom stereocenters. The second-order valence-electron chi connectivity index (χ2n) is 7.05. The molecule has 1 heterocycles. The van der Waals surface area contributed by atoms with Crippen molar-refractivity contribution in [2.24, 2.45) is 0 Å². The fourth-order valence-corrected chi connectivity index (χ4v) is 4.07. The normalized spacial score (nSPS) is 12.7. The van der Waals surface area contributed by atoms with Crippen molar-refractivity contribution >= 4 is 34.9 Å². The van der Waals surface area contributed by atoms with Crippen molar-refractivity contribution in [2.75, 3.05) is 18.1 Å². The molecule has 0 saturated heterocycles. The highest BCUT2D eigenvalue weighted by Crippen LogP contribution is 2.35. The smallest absolute Gasteiger partial charge is 0.338 e. The molecular weight excluding hydrogens is 405 g/mol. The number of esters is 1. The summed E-state index contributed by atoms with van der Waals surface area (Å²) < 4.78 is 5.13. The number of anilines is 1. The van der Waals surface area contributed by atoms with E-state index in [1.54, 1.807) is 12.1 Å². The Balaban J connectivity index is 1.63.